The van der Waals surface area contributed by atoms with Gasteiger partial charge >= 0.3 is 5.97 Å². The molecule has 1 heterocycles. The highest BCUT2D eigenvalue weighted by atomic mass is 79.9. The Morgan fingerprint density at radius 1 is 1.19 bits per heavy atom. The van der Waals surface area contributed by atoms with Crippen molar-refractivity contribution in [3.63, 3.8) is 0 Å². The SMILES string of the molecule is O=C(O)[C@@H](c1ccccc1)N1Cc2cc(Br)ccc2C1=O. The summed E-state index contributed by atoms with van der Waals surface area (Å²) in [6.45, 7) is 0.305. The van der Waals surface area contributed by atoms with Crippen molar-refractivity contribution in [3.05, 3.63) is 69.7 Å². The summed E-state index contributed by atoms with van der Waals surface area (Å²) in [5.41, 5.74) is 2.02. The first-order valence-electron chi connectivity index (χ1n) is 6.45. The van der Waals surface area contributed by atoms with Gasteiger partial charge in [-0.25, -0.2) is 4.79 Å². The van der Waals surface area contributed by atoms with Crippen LogP contribution in [0, 0.1) is 0 Å². The van der Waals surface area contributed by atoms with E-state index in [0.29, 0.717) is 17.7 Å². The predicted molar refractivity (Wildman–Crippen MR) is 80.8 cm³/mol. The second-order valence-corrected chi connectivity index (χ2v) is 5.80. The zero-order valence-corrected chi connectivity index (χ0v) is 12.6. The summed E-state index contributed by atoms with van der Waals surface area (Å²) in [7, 11) is 0. The number of amides is 1. The minimum Gasteiger partial charge on any atom is -0.479 e. The molecule has 3 rings (SSSR count). The molecule has 2 aromatic rings. The lowest BCUT2D eigenvalue weighted by Crippen LogP contribution is -2.34. The lowest BCUT2D eigenvalue weighted by atomic mass is 10.1. The van der Waals surface area contributed by atoms with E-state index in [9.17, 15) is 14.7 Å². The van der Waals surface area contributed by atoms with Gasteiger partial charge in [-0.05, 0) is 29.3 Å². The first-order chi connectivity index (χ1) is 10.1. The summed E-state index contributed by atoms with van der Waals surface area (Å²) < 4.78 is 0.877. The maximum Gasteiger partial charge on any atom is 0.331 e. The van der Waals surface area contributed by atoms with Crippen LogP contribution >= 0.6 is 15.9 Å². The summed E-state index contributed by atoms with van der Waals surface area (Å²) in [5, 5.41) is 9.54. The lowest BCUT2D eigenvalue weighted by molar-refractivity contribution is -0.142. The summed E-state index contributed by atoms with van der Waals surface area (Å²) in [5.74, 6) is -1.27. The number of benzene rings is 2. The molecule has 0 radical (unpaired) electrons. The third-order valence-electron chi connectivity index (χ3n) is 3.56. The first-order valence-corrected chi connectivity index (χ1v) is 7.24. The highest BCUT2D eigenvalue weighted by Gasteiger charge is 2.37. The smallest absolute Gasteiger partial charge is 0.331 e. The number of fused-ring (bicyclic) bond motifs is 1. The number of rotatable bonds is 3. The molecule has 0 saturated heterocycles. The Kier molecular flexibility index (Phi) is 3.51. The Morgan fingerprint density at radius 3 is 2.57 bits per heavy atom. The summed E-state index contributed by atoms with van der Waals surface area (Å²) >= 11 is 3.37. The number of carbonyl (C=O) groups excluding carboxylic acids is 1. The predicted octanol–water partition coefficient (Wildman–Crippen LogP) is 3.23. The molecule has 0 bridgehead atoms. The highest BCUT2D eigenvalue weighted by molar-refractivity contribution is 9.10. The van der Waals surface area contributed by atoms with Gasteiger partial charge in [-0.1, -0.05) is 46.3 Å². The Morgan fingerprint density at radius 2 is 1.90 bits per heavy atom. The molecule has 1 amide bonds. The molecule has 1 N–H and O–H groups in total. The van der Waals surface area contributed by atoms with Crippen molar-refractivity contribution in [1.82, 2.24) is 4.90 Å². The van der Waals surface area contributed by atoms with Gasteiger partial charge in [-0.15, -0.1) is 0 Å². The molecule has 4 nitrogen and oxygen atoms in total. The van der Waals surface area contributed by atoms with Gasteiger partial charge in [-0.3, -0.25) is 4.79 Å². The van der Waals surface area contributed by atoms with Crippen LogP contribution in [0.25, 0.3) is 0 Å². The van der Waals surface area contributed by atoms with E-state index in [1.54, 1.807) is 36.4 Å². The number of aliphatic carboxylic acids is 1. The van der Waals surface area contributed by atoms with Crippen molar-refractivity contribution >= 4 is 27.8 Å². The standard InChI is InChI=1S/C16H12BrNO3/c17-12-6-7-13-11(8-12)9-18(15(13)19)14(16(20)21)10-4-2-1-3-5-10/h1-8,14H,9H2,(H,20,21)/t14-/m1/s1. The number of carboxylic acids is 1. The Labute approximate surface area is 130 Å². The number of carbonyl (C=O) groups is 2. The third kappa shape index (κ3) is 2.45. The lowest BCUT2D eigenvalue weighted by Gasteiger charge is -2.24. The van der Waals surface area contributed by atoms with E-state index >= 15 is 0 Å². The van der Waals surface area contributed by atoms with Crippen LogP contribution in [0.15, 0.2) is 53.0 Å². The third-order valence-corrected chi connectivity index (χ3v) is 4.05. The number of nitrogens with zero attached hydrogens (tertiary/aromatic N) is 1. The number of carboxylic acid groups (broad SMARTS) is 1. The Balaban J connectivity index is 2.00. The highest BCUT2D eigenvalue weighted by Crippen LogP contribution is 2.32. The van der Waals surface area contributed by atoms with Gasteiger partial charge in [0.2, 0.25) is 0 Å². The van der Waals surface area contributed by atoms with Crippen molar-refractivity contribution in [2.75, 3.05) is 0 Å². The second kappa shape index (κ2) is 5.33. The van der Waals surface area contributed by atoms with Crippen LogP contribution in [-0.4, -0.2) is 21.9 Å². The molecule has 0 saturated carbocycles. The van der Waals surface area contributed by atoms with Crippen molar-refractivity contribution in [1.29, 1.82) is 0 Å². The molecular formula is C16H12BrNO3. The Bertz CT molecular complexity index is 715. The molecule has 5 heteroatoms. The molecule has 0 fully saturated rings. The molecule has 2 aromatic carbocycles. The van der Waals surface area contributed by atoms with E-state index in [4.69, 9.17) is 0 Å². The maximum atomic E-state index is 12.5. The second-order valence-electron chi connectivity index (χ2n) is 4.89. The van der Waals surface area contributed by atoms with Gasteiger partial charge in [-0.2, -0.15) is 0 Å². The van der Waals surface area contributed by atoms with E-state index in [2.05, 4.69) is 15.9 Å². The molecule has 1 aliphatic heterocycles. The van der Waals surface area contributed by atoms with Gasteiger partial charge < -0.3 is 10.0 Å². The molecule has 1 atom stereocenters. The molecule has 0 aliphatic carbocycles. The molecule has 21 heavy (non-hydrogen) atoms. The molecule has 0 unspecified atom stereocenters. The normalized spacial score (nSPS) is 14.9. The molecule has 1 aliphatic rings. The van der Waals surface area contributed by atoms with Crippen molar-refractivity contribution in [2.45, 2.75) is 12.6 Å². The molecule has 0 aromatic heterocycles. The molecule has 0 spiro atoms. The Hall–Kier alpha value is -2.14. The first kappa shape index (κ1) is 13.8. The van der Waals surface area contributed by atoms with Gasteiger partial charge in [0.25, 0.3) is 5.91 Å². The van der Waals surface area contributed by atoms with Gasteiger partial charge in [0, 0.05) is 16.6 Å². The summed E-state index contributed by atoms with van der Waals surface area (Å²) in [6.07, 6.45) is 0. The number of hydrogen-bond acceptors (Lipinski definition) is 2. The largest absolute Gasteiger partial charge is 0.479 e. The fourth-order valence-electron chi connectivity index (χ4n) is 2.61. The van der Waals surface area contributed by atoms with Crippen LogP contribution in [0.4, 0.5) is 0 Å². The van der Waals surface area contributed by atoms with E-state index in [1.165, 1.54) is 4.90 Å². The topological polar surface area (TPSA) is 57.6 Å². The quantitative estimate of drug-likeness (QED) is 0.928. The van der Waals surface area contributed by atoms with Crippen LogP contribution in [0.3, 0.4) is 0 Å². The zero-order chi connectivity index (χ0) is 15.0. The van der Waals surface area contributed by atoms with Crippen LogP contribution in [-0.2, 0) is 11.3 Å². The average molecular weight is 346 g/mol. The van der Waals surface area contributed by atoms with Crippen LogP contribution < -0.4 is 0 Å². The minimum atomic E-state index is -1.03. The van der Waals surface area contributed by atoms with E-state index in [1.807, 2.05) is 12.1 Å². The zero-order valence-electron chi connectivity index (χ0n) is 11.0. The van der Waals surface area contributed by atoms with Gasteiger partial charge in [0.05, 0.1) is 0 Å². The molecular weight excluding hydrogens is 334 g/mol. The van der Waals surface area contributed by atoms with E-state index in [0.717, 1.165) is 10.0 Å². The number of hydrogen-bond donors (Lipinski definition) is 1. The van der Waals surface area contributed by atoms with Crippen LogP contribution in [0.2, 0.25) is 0 Å². The van der Waals surface area contributed by atoms with Crippen molar-refractivity contribution in [2.24, 2.45) is 0 Å². The van der Waals surface area contributed by atoms with Crippen LogP contribution in [0.5, 0.6) is 0 Å². The van der Waals surface area contributed by atoms with Crippen molar-refractivity contribution < 1.29 is 14.7 Å². The minimum absolute atomic E-state index is 0.242. The van der Waals surface area contributed by atoms with Crippen molar-refractivity contribution in [3.8, 4) is 0 Å². The summed E-state index contributed by atoms with van der Waals surface area (Å²) in [6, 6.07) is 13.2. The number of halogens is 1. The van der Waals surface area contributed by atoms with E-state index in [-0.39, 0.29) is 5.91 Å². The summed E-state index contributed by atoms with van der Waals surface area (Å²) in [4.78, 5) is 25.5. The molecule has 106 valence electrons. The van der Waals surface area contributed by atoms with Crippen LogP contribution in [0.1, 0.15) is 27.5 Å². The fraction of sp³-hybridized carbons (Fsp3) is 0.125. The van der Waals surface area contributed by atoms with E-state index < -0.39 is 12.0 Å². The monoisotopic (exact) mass is 345 g/mol. The fourth-order valence-corrected chi connectivity index (χ4v) is 3.02. The maximum absolute atomic E-state index is 12.5. The average Bonchev–Trinajstić information content (AvgIpc) is 2.76. The van der Waals surface area contributed by atoms with Gasteiger partial charge in [0.15, 0.2) is 6.04 Å². The van der Waals surface area contributed by atoms with Gasteiger partial charge in [0.1, 0.15) is 0 Å².